The molecule has 2 bridgehead atoms. The molecule has 3 rings (SSSR count). The van der Waals surface area contributed by atoms with E-state index < -0.39 is 135 Å². The van der Waals surface area contributed by atoms with Gasteiger partial charge in [0.1, 0.15) is 18.1 Å². The van der Waals surface area contributed by atoms with Crippen LogP contribution in [0.2, 0.25) is 0 Å². The van der Waals surface area contributed by atoms with E-state index in [-0.39, 0.29) is 75.4 Å². The number of aliphatic hydroxyl groups excluding tert-OH is 9. The second-order valence-electron chi connectivity index (χ2n) is 20.5. The van der Waals surface area contributed by atoms with Crippen LogP contribution < -0.4 is 5.73 Å². The third kappa shape index (κ3) is 24.6. The number of allylic oxidation sites excluding steroid dienone is 16. The Balaban J connectivity index is 1.85. The summed E-state index contributed by atoms with van der Waals surface area (Å²) < 4.78 is 23.7. The summed E-state index contributed by atoms with van der Waals surface area (Å²) in [4.78, 5) is 38.1. The molecular formula is C57H87NO18. The van der Waals surface area contributed by atoms with E-state index in [0.717, 1.165) is 0 Å². The summed E-state index contributed by atoms with van der Waals surface area (Å²) in [6, 6.07) is -1.15. The molecule has 0 unspecified atom stereocenters. The number of hydrogen-bond donors (Lipinski definition) is 12. The van der Waals surface area contributed by atoms with Gasteiger partial charge in [0, 0.05) is 31.6 Å². The van der Waals surface area contributed by atoms with Crippen LogP contribution >= 0.6 is 0 Å². The Morgan fingerprint density at radius 3 is 1.92 bits per heavy atom. The quantitative estimate of drug-likeness (QED) is 0.0802. The summed E-state index contributed by atoms with van der Waals surface area (Å²) >= 11 is 0. The number of carbonyl (C=O) groups is 3. The maximum Gasteiger partial charge on any atom is 0.311 e. The zero-order chi connectivity index (χ0) is 56.4. The summed E-state index contributed by atoms with van der Waals surface area (Å²) in [5.74, 6) is -6.75. The lowest BCUT2D eigenvalue weighted by atomic mass is 9.82. The Morgan fingerprint density at radius 2 is 1.33 bits per heavy atom. The molecule has 3 heterocycles. The van der Waals surface area contributed by atoms with Crippen molar-refractivity contribution in [2.75, 3.05) is 0 Å². The molecule has 0 saturated carbocycles. The highest BCUT2D eigenvalue weighted by Gasteiger charge is 2.51. The second kappa shape index (κ2) is 34.6. The largest absolute Gasteiger partial charge is 0.481 e. The smallest absolute Gasteiger partial charge is 0.311 e. The Labute approximate surface area is 447 Å². The third-order valence-electron chi connectivity index (χ3n) is 13.6. The number of cyclic esters (lactones) is 1. The standard InChI is InChI=1S/C57H87NO18/c1-5-6-17-22-39(59)28-42(62)27-26-37(3)54-36(2)21-18-15-13-11-9-7-8-10-12-14-16-19-25-46(74-56-53(69)51(58)52(68)38(4)73-56)33-48-50(55(70)71)47(66)35-57(72,76-48)34-45(65)31-43(63)29-40(60)23-20-24-41(61)30-44(64)32-49(67)75-54/h5-19,21-22,25,36-38,40-48,50-54,56,60-66,68-69,72H,20,23-24,26-35,58H2,1-4H3,(H,70,71)/b6-5+,8-7-,11-9-,12-10+,15-13+,16-14+,21-18+,22-17+,25-19+/t36-,37+,38-,40+,41-,42-,43-,44-,45-,46-,47+,48-,50+,51+,52-,53+,54-,56+,57-/m1/s1. The molecule has 0 aromatic carbocycles. The summed E-state index contributed by atoms with van der Waals surface area (Å²) in [7, 11) is 0. The van der Waals surface area contributed by atoms with Crippen molar-refractivity contribution in [1.82, 2.24) is 0 Å². The SMILES string of the molecule is C/C=C/C=C/C(=O)C[C@H](O)CC[C@H](C)[C@@H]1OC(=O)C[C@H](O)C[C@H](O)CCC[C@H](O)C[C@@H](O)C[C@@H](O)C[C@]2(O)C[C@H](O)[C@H](C(=O)O)[C@@H](C[C@H](O[C@@H]3O[C@H](C)[C@@H](O)[C@H](N)[C@@H]3O)/C=C/C=C/C=C/C=C\C=C/C=C/C=C/[C@H]1C)O2. The first-order chi connectivity index (χ1) is 36.0. The molecule has 3 aliphatic rings. The minimum absolute atomic E-state index is 0.0553. The monoisotopic (exact) mass is 1070 g/mol. The van der Waals surface area contributed by atoms with E-state index in [1.165, 1.54) is 19.1 Å². The van der Waals surface area contributed by atoms with Gasteiger partial charge < -0.3 is 80.9 Å². The van der Waals surface area contributed by atoms with Crippen molar-refractivity contribution in [2.24, 2.45) is 23.5 Å². The van der Waals surface area contributed by atoms with Gasteiger partial charge in [-0.25, -0.2) is 0 Å². The molecule has 0 aromatic rings. The van der Waals surface area contributed by atoms with Gasteiger partial charge in [-0.1, -0.05) is 117 Å². The maximum absolute atomic E-state index is 13.3. The molecule has 0 amide bonds. The summed E-state index contributed by atoms with van der Waals surface area (Å²) in [5.41, 5.74) is 6.05. The minimum atomic E-state index is -2.28. The number of fused-ring (bicyclic) bond motifs is 2. The first kappa shape index (κ1) is 66.0. The molecule has 3 aliphatic heterocycles. The average molecular weight is 1070 g/mol. The van der Waals surface area contributed by atoms with Gasteiger partial charge in [0.15, 0.2) is 17.9 Å². The fourth-order valence-corrected chi connectivity index (χ4v) is 9.52. The van der Waals surface area contributed by atoms with Gasteiger partial charge in [0.05, 0.1) is 79.6 Å². The molecule has 2 saturated heterocycles. The first-order valence-corrected chi connectivity index (χ1v) is 26.5. The molecule has 13 N–H and O–H groups in total. The number of ether oxygens (including phenoxy) is 4. The van der Waals surface area contributed by atoms with Crippen LogP contribution in [0.5, 0.6) is 0 Å². The molecule has 0 aliphatic carbocycles. The third-order valence-corrected chi connectivity index (χ3v) is 13.6. The fourth-order valence-electron chi connectivity index (χ4n) is 9.52. The first-order valence-electron chi connectivity index (χ1n) is 26.5. The van der Waals surface area contributed by atoms with Gasteiger partial charge in [0.25, 0.3) is 0 Å². The predicted octanol–water partition coefficient (Wildman–Crippen LogP) is 3.34. The van der Waals surface area contributed by atoms with Crippen molar-refractivity contribution in [1.29, 1.82) is 0 Å². The van der Waals surface area contributed by atoms with Crippen LogP contribution in [0.25, 0.3) is 0 Å². The van der Waals surface area contributed by atoms with Crippen LogP contribution in [-0.2, 0) is 33.3 Å². The zero-order valence-electron chi connectivity index (χ0n) is 44.3. The summed E-state index contributed by atoms with van der Waals surface area (Å²) in [6.45, 7) is 7.13. The number of esters is 1. The van der Waals surface area contributed by atoms with Crippen molar-refractivity contribution >= 4 is 17.7 Å². The topological polar surface area (TPSA) is 337 Å². The van der Waals surface area contributed by atoms with E-state index in [0.29, 0.717) is 6.42 Å². The molecule has 19 atom stereocenters. The van der Waals surface area contributed by atoms with Crippen LogP contribution in [0.1, 0.15) is 111 Å². The fraction of sp³-hybridized carbons (Fsp3) is 0.632. The van der Waals surface area contributed by atoms with E-state index in [4.69, 9.17) is 24.7 Å². The lowest BCUT2D eigenvalue weighted by Gasteiger charge is -2.45. The van der Waals surface area contributed by atoms with Crippen molar-refractivity contribution in [3.05, 3.63) is 109 Å². The Morgan fingerprint density at radius 1 is 0.763 bits per heavy atom. The van der Waals surface area contributed by atoms with Crippen LogP contribution in [-0.4, -0.2) is 171 Å². The van der Waals surface area contributed by atoms with Crippen LogP contribution in [0, 0.1) is 17.8 Å². The molecule has 76 heavy (non-hydrogen) atoms. The van der Waals surface area contributed by atoms with E-state index in [2.05, 4.69) is 0 Å². The number of aliphatic hydroxyl groups is 10. The number of rotatable bonds is 11. The van der Waals surface area contributed by atoms with Gasteiger partial charge >= 0.3 is 11.9 Å². The van der Waals surface area contributed by atoms with Crippen molar-refractivity contribution in [3.63, 3.8) is 0 Å². The van der Waals surface area contributed by atoms with Gasteiger partial charge in [-0.3, -0.25) is 14.4 Å². The van der Waals surface area contributed by atoms with Crippen molar-refractivity contribution < 1.29 is 89.5 Å². The number of hydrogen-bond acceptors (Lipinski definition) is 18. The van der Waals surface area contributed by atoms with E-state index >= 15 is 0 Å². The highest BCUT2D eigenvalue weighted by molar-refractivity contribution is 5.90. The normalized spacial score (nSPS) is 39.7. The van der Waals surface area contributed by atoms with Gasteiger partial charge in [-0.05, 0) is 77.2 Å². The molecule has 19 nitrogen and oxygen atoms in total. The highest BCUT2D eigenvalue weighted by atomic mass is 16.7. The number of ketones is 1. The molecular weight excluding hydrogens is 987 g/mol. The molecule has 0 radical (unpaired) electrons. The Bertz CT molecular complexity index is 2020. The van der Waals surface area contributed by atoms with Gasteiger partial charge in [-0.15, -0.1) is 0 Å². The van der Waals surface area contributed by atoms with Gasteiger partial charge in [-0.2, -0.15) is 0 Å². The number of carbonyl (C=O) groups excluding carboxylic acids is 2. The highest BCUT2D eigenvalue weighted by Crippen LogP contribution is 2.38. The van der Waals surface area contributed by atoms with E-state index in [1.807, 2.05) is 32.9 Å². The molecule has 0 spiro atoms. The van der Waals surface area contributed by atoms with Crippen molar-refractivity contribution in [3.8, 4) is 0 Å². The predicted molar refractivity (Wildman–Crippen MR) is 283 cm³/mol. The van der Waals surface area contributed by atoms with Crippen molar-refractivity contribution in [2.45, 2.75) is 209 Å². The summed E-state index contributed by atoms with van der Waals surface area (Å²) in [5, 5.41) is 119. The average Bonchev–Trinajstić information content (AvgIpc) is 3.32. The van der Waals surface area contributed by atoms with Crippen LogP contribution in [0.3, 0.4) is 0 Å². The number of aliphatic carboxylic acids is 1. The zero-order valence-corrected chi connectivity index (χ0v) is 44.3. The number of carboxylic acids is 1. The number of carboxylic acid groups (broad SMARTS) is 1. The van der Waals surface area contributed by atoms with E-state index in [1.54, 1.807) is 85.1 Å². The Kier molecular flexibility index (Phi) is 30.0. The van der Waals surface area contributed by atoms with Gasteiger partial charge in [0.2, 0.25) is 0 Å². The van der Waals surface area contributed by atoms with Crippen LogP contribution in [0.15, 0.2) is 109 Å². The lowest BCUT2D eigenvalue weighted by Crippen LogP contribution is -2.61. The van der Waals surface area contributed by atoms with Crippen LogP contribution in [0.4, 0.5) is 0 Å². The summed E-state index contributed by atoms with van der Waals surface area (Å²) in [6.07, 6.45) is 12.8. The second-order valence-corrected chi connectivity index (χ2v) is 20.5. The Hall–Kier alpha value is -4.29. The maximum atomic E-state index is 13.3. The molecule has 2 fully saturated rings. The lowest BCUT2D eigenvalue weighted by molar-refractivity contribution is -0.308. The molecule has 0 aromatic heterocycles. The molecule has 428 valence electrons. The molecule has 19 heteroatoms. The number of nitrogens with two attached hydrogens (primary N) is 1. The van der Waals surface area contributed by atoms with E-state index in [9.17, 15) is 70.6 Å². The minimum Gasteiger partial charge on any atom is -0.481 e.